The molecule has 5 rings (SSSR count). The third kappa shape index (κ3) is 3.10. The van der Waals surface area contributed by atoms with Crippen LogP contribution in [0.15, 0.2) is 45.5 Å². The van der Waals surface area contributed by atoms with E-state index < -0.39 is 0 Å². The molecule has 1 aromatic carbocycles. The van der Waals surface area contributed by atoms with Crippen molar-refractivity contribution in [2.75, 3.05) is 11.4 Å². The topological polar surface area (TPSA) is 101 Å². The number of amides is 1. The molecule has 4 heterocycles. The molecule has 1 aliphatic rings. The highest BCUT2D eigenvalue weighted by Crippen LogP contribution is 2.35. The molecule has 0 spiro atoms. The van der Waals surface area contributed by atoms with Gasteiger partial charge in [0, 0.05) is 30.6 Å². The lowest BCUT2D eigenvalue weighted by Gasteiger charge is -2.22. The van der Waals surface area contributed by atoms with Crippen LogP contribution in [0.3, 0.4) is 0 Å². The van der Waals surface area contributed by atoms with Crippen molar-refractivity contribution < 1.29 is 13.7 Å². The quantitative estimate of drug-likeness (QED) is 0.549. The van der Waals surface area contributed by atoms with E-state index in [9.17, 15) is 4.79 Å². The van der Waals surface area contributed by atoms with E-state index in [4.69, 9.17) is 8.94 Å². The van der Waals surface area contributed by atoms with Crippen molar-refractivity contribution in [1.29, 1.82) is 0 Å². The maximum atomic E-state index is 12.8. The number of aromatic amines is 1. The highest BCUT2D eigenvalue weighted by molar-refractivity contribution is 5.97. The molecule has 152 valence electrons. The third-order valence-electron chi connectivity index (χ3n) is 5.42. The Kier molecular flexibility index (Phi) is 4.27. The summed E-state index contributed by atoms with van der Waals surface area (Å²) in [5.74, 6) is 1.46. The first-order valence-corrected chi connectivity index (χ1v) is 9.81. The second kappa shape index (κ2) is 6.98. The summed E-state index contributed by atoms with van der Waals surface area (Å²) in [4.78, 5) is 19.1. The van der Waals surface area contributed by atoms with Crippen molar-refractivity contribution in [3.63, 3.8) is 0 Å². The molecular weight excluding hydrogens is 382 g/mol. The zero-order chi connectivity index (χ0) is 20.8. The lowest BCUT2D eigenvalue weighted by atomic mass is 10.0. The van der Waals surface area contributed by atoms with E-state index in [0.717, 1.165) is 16.8 Å². The van der Waals surface area contributed by atoms with E-state index in [-0.39, 0.29) is 11.8 Å². The van der Waals surface area contributed by atoms with Gasteiger partial charge in [-0.15, -0.1) is 0 Å². The first kappa shape index (κ1) is 18.4. The number of aryl methyl sites for hydroxylation is 3. The van der Waals surface area contributed by atoms with Crippen molar-refractivity contribution in [3.05, 3.63) is 59.1 Å². The minimum absolute atomic E-state index is 0.0723. The fourth-order valence-electron chi connectivity index (χ4n) is 4.19. The summed E-state index contributed by atoms with van der Waals surface area (Å²) < 4.78 is 10.8. The molecule has 1 atom stereocenters. The van der Waals surface area contributed by atoms with Gasteiger partial charge in [-0.25, -0.2) is 0 Å². The van der Waals surface area contributed by atoms with Crippen LogP contribution in [0, 0.1) is 20.8 Å². The molecule has 0 aliphatic carbocycles. The molecule has 1 saturated heterocycles. The average molecular weight is 403 g/mol. The fraction of sp³-hybridized carbons (Fsp3) is 0.273. The van der Waals surface area contributed by atoms with Gasteiger partial charge in [0.1, 0.15) is 11.4 Å². The predicted octanol–water partition coefficient (Wildman–Crippen LogP) is 4.17. The highest BCUT2D eigenvalue weighted by Gasteiger charge is 2.36. The smallest absolute Gasteiger partial charge is 0.275 e. The van der Waals surface area contributed by atoms with Gasteiger partial charge in [0.25, 0.3) is 5.89 Å². The van der Waals surface area contributed by atoms with E-state index in [1.807, 2.05) is 24.8 Å². The molecule has 1 amide bonds. The largest absolute Gasteiger partial charge is 0.463 e. The molecule has 1 fully saturated rings. The van der Waals surface area contributed by atoms with Crippen LogP contribution in [-0.2, 0) is 4.79 Å². The number of furan rings is 1. The van der Waals surface area contributed by atoms with Crippen LogP contribution in [0.4, 0.5) is 5.69 Å². The van der Waals surface area contributed by atoms with Crippen molar-refractivity contribution in [2.45, 2.75) is 33.1 Å². The lowest BCUT2D eigenvalue weighted by molar-refractivity contribution is -0.117. The summed E-state index contributed by atoms with van der Waals surface area (Å²) in [5, 5.41) is 11.2. The highest BCUT2D eigenvalue weighted by atomic mass is 16.5. The monoisotopic (exact) mass is 403 g/mol. The number of nitrogens with one attached hydrogen (secondary N) is 1. The molecule has 30 heavy (non-hydrogen) atoms. The van der Waals surface area contributed by atoms with Gasteiger partial charge in [-0.05, 0) is 44.0 Å². The Morgan fingerprint density at radius 3 is 2.70 bits per heavy atom. The molecule has 4 aromatic rings. The molecule has 1 N–H and O–H groups in total. The molecule has 1 aliphatic heterocycles. The number of hydrogen-bond donors (Lipinski definition) is 1. The van der Waals surface area contributed by atoms with Gasteiger partial charge in [-0.3, -0.25) is 9.89 Å². The number of benzene rings is 1. The Morgan fingerprint density at radius 2 is 1.97 bits per heavy atom. The second-order valence-corrected chi connectivity index (χ2v) is 7.75. The number of H-pyrrole nitrogens is 1. The maximum absolute atomic E-state index is 12.8. The first-order chi connectivity index (χ1) is 14.5. The summed E-state index contributed by atoms with van der Waals surface area (Å²) in [5.41, 5.74) is 5.62. The molecule has 8 heteroatoms. The summed E-state index contributed by atoms with van der Waals surface area (Å²) in [6.45, 7) is 6.67. The van der Waals surface area contributed by atoms with Crippen LogP contribution in [0.1, 0.15) is 34.9 Å². The van der Waals surface area contributed by atoms with Gasteiger partial charge in [-0.2, -0.15) is 10.1 Å². The van der Waals surface area contributed by atoms with Crippen LogP contribution in [0.2, 0.25) is 0 Å². The number of carbonyl (C=O) groups is 1. The SMILES string of the molecule is Cc1cc(C)c(N2CC(c3noc(-c4cc(-c5ccco5)n[nH]4)n3)CC2=O)c(C)c1. The van der Waals surface area contributed by atoms with Gasteiger partial charge >= 0.3 is 0 Å². The summed E-state index contributed by atoms with van der Waals surface area (Å²) >= 11 is 0. The van der Waals surface area contributed by atoms with Crippen LogP contribution in [0.25, 0.3) is 23.0 Å². The molecule has 3 aromatic heterocycles. The van der Waals surface area contributed by atoms with E-state index in [2.05, 4.69) is 39.4 Å². The number of rotatable bonds is 4. The normalized spacial score (nSPS) is 16.6. The van der Waals surface area contributed by atoms with Crippen LogP contribution in [-0.4, -0.2) is 32.8 Å². The summed E-state index contributed by atoms with van der Waals surface area (Å²) in [6, 6.07) is 9.62. The summed E-state index contributed by atoms with van der Waals surface area (Å²) in [7, 11) is 0. The molecule has 1 unspecified atom stereocenters. The predicted molar refractivity (Wildman–Crippen MR) is 110 cm³/mol. The van der Waals surface area contributed by atoms with Crippen LogP contribution < -0.4 is 4.90 Å². The zero-order valence-electron chi connectivity index (χ0n) is 17.0. The number of anilines is 1. The fourth-order valence-corrected chi connectivity index (χ4v) is 4.19. The molecular formula is C22H21N5O3. The number of nitrogens with zero attached hydrogens (tertiary/aromatic N) is 4. The van der Waals surface area contributed by atoms with E-state index in [1.165, 1.54) is 5.56 Å². The van der Waals surface area contributed by atoms with E-state index in [1.54, 1.807) is 18.4 Å². The van der Waals surface area contributed by atoms with Gasteiger partial charge < -0.3 is 13.8 Å². The summed E-state index contributed by atoms with van der Waals surface area (Å²) in [6.07, 6.45) is 1.95. The minimum Gasteiger partial charge on any atom is -0.463 e. The lowest BCUT2D eigenvalue weighted by Crippen LogP contribution is -2.26. The Labute approximate surface area is 172 Å². The maximum Gasteiger partial charge on any atom is 0.275 e. The van der Waals surface area contributed by atoms with Gasteiger partial charge in [-0.1, -0.05) is 22.9 Å². The van der Waals surface area contributed by atoms with Crippen LogP contribution in [0.5, 0.6) is 0 Å². The Bertz CT molecular complexity index is 1200. The van der Waals surface area contributed by atoms with Crippen molar-refractivity contribution in [2.24, 2.45) is 0 Å². The number of aromatic nitrogens is 4. The van der Waals surface area contributed by atoms with Gasteiger partial charge in [0.05, 0.1) is 6.26 Å². The number of hydrogen-bond acceptors (Lipinski definition) is 6. The van der Waals surface area contributed by atoms with Crippen molar-refractivity contribution in [1.82, 2.24) is 20.3 Å². The zero-order valence-corrected chi connectivity index (χ0v) is 17.0. The van der Waals surface area contributed by atoms with Gasteiger partial charge in [0.15, 0.2) is 11.6 Å². The van der Waals surface area contributed by atoms with E-state index >= 15 is 0 Å². The van der Waals surface area contributed by atoms with Gasteiger partial charge in [0.2, 0.25) is 5.91 Å². The molecule has 0 saturated carbocycles. The van der Waals surface area contributed by atoms with Crippen molar-refractivity contribution in [3.8, 4) is 23.0 Å². The van der Waals surface area contributed by atoms with Crippen LogP contribution >= 0.6 is 0 Å². The standard InChI is InChI=1S/C22H21N5O3/c1-12-7-13(2)20(14(3)8-12)27-11-15(9-19(27)28)21-23-22(30-26-21)17-10-16(24-25-17)18-5-4-6-29-18/h4-8,10,15H,9,11H2,1-3H3,(H,24,25). The number of carbonyl (C=O) groups excluding carboxylic acids is 1. The molecule has 0 bridgehead atoms. The minimum atomic E-state index is -0.123. The Morgan fingerprint density at radius 1 is 1.17 bits per heavy atom. The molecule has 8 nitrogen and oxygen atoms in total. The van der Waals surface area contributed by atoms with Crippen molar-refractivity contribution >= 4 is 11.6 Å². The average Bonchev–Trinajstić information content (AvgIpc) is 3.48. The Balaban J connectivity index is 1.38. The first-order valence-electron chi connectivity index (χ1n) is 9.81. The second-order valence-electron chi connectivity index (χ2n) is 7.75. The van der Waals surface area contributed by atoms with E-state index in [0.29, 0.717) is 41.8 Å². The third-order valence-corrected chi connectivity index (χ3v) is 5.42. The Hall–Kier alpha value is -3.68. The molecule has 0 radical (unpaired) electrons.